The molecule has 2 saturated carbocycles. The molecule has 3 rings (SSSR count). The fourth-order valence-corrected chi connectivity index (χ4v) is 3.22. The average Bonchev–Trinajstić information content (AvgIpc) is 3.29. The quantitative estimate of drug-likeness (QED) is 0.822. The predicted octanol–water partition coefficient (Wildman–Crippen LogP) is 3.70. The molecule has 3 atom stereocenters. The van der Waals surface area contributed by atoms with Crippen LogP contribution in [0.15, 0.2) is 24.3 Å². The van der Waals surface area contributed by atoms with Gasteiger partial charge in [0.1, 0.15) is 0 Å². The van der Waals surface area contributed by atoms with Crippen molar-refractivity contribution in [1.82, 2.24) is 4.90 Å². The van der Waals surface area contributed by atoms with Crippen molar-refractivity contribution in [3.05, 3.63) is 34.9 Å². The lowest BCUT2D eigenvalue weighted by molar-refractivity contribution is -0.133. The second-order valence-electron chi connectivity index (χ2n) is 6.00. The van der Waals surface area contributed by atoms with E-state index in [0.717, 1.165) is 22.9 Å². The van der Waals surface area contributed by atoms with Gasteiger partial charge in [0.25, 0.3) is 0 Å². The number of hydrogen-bond donors (Lipinski definition) is 0. The van der Waals surface area contributed by atoms with Gasteiger partial charge in [-0.15, -0.1) is 0 Å². The van der Waals surface area contributed by atoms with Gasteiger partial charge in [-0.1, -0.05) is 29.8 Å². The Morgan fingerprint density at radius 3 is 2.68 bits per heavy atom. The summed E-state index contributed by atoms with van der Waals surface area (Å²) in [5, 5.41) is 0.792. The average molecular weight is 278 g/mol. The van der Waals surface area contributed by atoms with Gasteiger partial charge < -0.3 is 4.90 Å². The summed E-state index contributed by atoms with van der Waals surface area (Å²) in [5.41, 5.74) is 1.13. The second-order valence-corrected chi connectivity index (χ2v) is 6.40. The van der Waals surface area contributed by atoms with E-state index in [1.54, 1.807) is 0 Å². The summed E-state index contributed by atoms with van der Waals surface area (Å²) < 4.78 is 0. The van der Waals surface area contributed by atoms with Crippen molar-refractivity contribution in [3.63, 3.8) is 0 Å². The summed E-state index contributed by atoms with van der Waals surface area (Å²) in [6.45, 7) is 2.17. The molecule has 0 spiro atoms. The predicted molar refractivity (Wildman–Crippen MR) is 77.3 cm³/mol. The molecule has 2 nitrogen and oxygen atoms in total. The molecule has 102 valence electrons. The molecule has 2 fully saturated rings. The van der Waals surface area contributed by atoms with E-state index in [2.05, 4.69) is 6.92 Å². The van der Waals surface area contributed by atoms with Gasteiger partial charge in [-0.2, -0.15) is 0 Å². The van der Waals surface area contributed by atoms with Crippen LogP contribution < -0.4 is 0 Å². The Kier molecular flexibility index (Phi) is 3.30. The van der Waals surface area contributed by atoms with Crippen LogP contribution in [0.4, 0.5) is 0 Å². The summed E-state index contributed by atoms with van der Waals surface area (Å²) in [6.07, 6.45) is 3.50. The molecule has 1 aromatic rings. The third kappa shape index (κ3) is 2.51. The Balaban J connectivity index is 1.66. The maximum absolute atomic E-state index is 12.5. The topological polar surface area (TPSA) is 20.3 Å². The molecular weight excluding hydrogens is 258 g/mol. The lowest BCUT2D eigenvalue weighted by atomic mass is 10.1. The minimum atomic E-state index is 0.145. The highest BCUT2D eigenvalue weighted by Gasteiger charge is 2.47. The lowest BCUT2D eigenvalue weighted by Crippen LogP contribution is -2.37. The minimum Gasteiger partial charge on any atom is -0.343 e. The first-order valence-electron chi connectivity index (χ1n) is 7.10. The molecule has 0 N–H and O–H groups in total. The van der Waals surface area contributed by atoms with E-state index in [0.29, 0.717) is 17.9 Å². The summed E-state index contributed by atoms with van der Waals surface area (Å²) >= 11 is 6.21. The first-order valence-corrected chi connectivity index (χ1v) is 7.48. The van der Waals surface area contributed by atoms with Gasteiger partial charge in [0.15, 0.2) is 0 Å². The van der Waals surface area contributed by atoms with Crippen LogP contribution in [-0.4, -0.2) is 23.9 Å². The first-order chi connectivity index (χ1) is 9.09. The SMILES string of the molecule is CC(C1CC1)N(C)C(=O)C1CC1c1ccccc1Cl. The van der Waals surface area contributed by atoms with Gasteiger partial charge in [-0.25, -0.2) is 0 Å². The zero-order chi connectivity index (χ0) is 13.6. The molecule has 2 aliphatic carbocycles. The summed E-state index contributed by atoms with van der Waals surface area (Å²) in [7, 11) is 1.95. The lowest BCUT2D eigenvalue weighted by Gasteiger charge is -2.25. The first kappa shape index (κ1) is 13.0. The molecule has 2 aliphatic rings. The Morgan fingerprint density at radius 2 is 2.05 bits per heavy atom. The number of benzene rings is 1. The van der Waals surface area contributed by atoms with Crippen LogP contribution in [0.25, 0.3) is 0 Å². The zero-order valence-corrected chi connectivity index (χ0v) is 12.2. The van der Waals surface area contributed by atoms with Gasteiger partial charge in [0.2, 0.25) is 5.91 Å². The Labute approximate surface area is 119 Å². The van der Waals surface area contributed by atoms with Gasteiger partial charge in [-0.05, 0) is 49.7 Å². The highest BCUT2D eigenvalue weighted by Crippen LogP contribution is 2.50. The van der Waals surface area contributed by atoms with Crippen molar-refractivity contribution in [3.8, 4) is 0 Å². The number of carbonyl (C=O) groups excluding carboxylic acids is 1. The van der Waals surface area contributed by atoms with Crippen LogP contribution in [0.5, 0.6) is 0 Å². The largest absolute Gasteiger partial charge is 0.343 e. The van der Waals surface area contributed by atoms with Crippen molar-refractivity contribution in [2.24, 2.45) is 11.8 Å². The molecule has 0 radical (unpaired) electrons. The molecule has 19 heavy (non-hydrogen) atoms. The van der Waals surface area contributed by atoms with E-state index >= 15 is 0 Å². The number of rotatable bonds is 4. The van der Waals surface area contributed by atoms with E-state index in [9.17, 15) is 4.79 Å². The molecule has 0 saturated heterocycles. The van der Waals surface area contributed by atoms with Crippen molar-refractivity contribution in [1.29, 1.82) is 0 Å². The number of carbonyl (C=O) groups is 1. The van der Waals surface area contributed by atoms with Crippen LogP contribution in [0.1, 0.15) is 37.7 Å². The minimum absolute atomic E-state index is 0.145. The number of hydrogen-bond acceptors (Lipinski definition) is 1. The van der Waals surface area contributed by atoms with Gasteiger partial charge in [0.05, 0.1) is 0 Å². The molecule has 0 aromatic heterocycles. The molecule has 1 aromatic carbocycles. The van der Waals surface area contributed by atoms with Crippen molar-refractivity contribution >= 4 is 17.5 Å². The number of halogens is 1. The smallest absolute Gasteiger partial charge is 0.226 e. The number of amides is 1. The fraction of sp³-hybridized carbons (Fsp3) is 0.562. The molecule has 3 heteroatoms. The highest BCUT2D eigenvalue weighted by molar-refractivity contribution is 6.31. The standard InChI is InChI=1S/C16H20ClNO/c1-10(11-7-8-11)18(2)16(19)14-9-13(14)12-5-3-4-6-15(12)17/h3-6,10-11,13-14H,7-9H2,1-2H3. The Hall–Kier alpha value is -1.02. The van der Waals surface area contributed by atoms with Crippen LogP contribution >= 0.6 is 11.6 Å². The third-order valence-electron chi connectivity index (χ3n) is 4.68. The van der Waals surface area contributed by atoms with E-state index < -0.39 is 0 Å². The molecule has 0 aliphatic heterocycles. The van der Waals surface area contributed by atoms with E-state index in [1.165, 1.54) is 12.8 Å². The third-order valence-corrected chi connectivity index (χ3v) is 5.02. The van der Waals surface area contributed by atoms with Gasteiger partial charge in [-0.3, -0.25) is 4.79 Å². The maximum Gasteiger partial charge on any atom is 0.226 e. The molecule has 0 bridgehead atoms. The van der Waals surface area contributed by atoms with Crippen molar-refractivity contribution in [2.75, 3.05) is 7.05 Å². The zero-order valence-electron chi connectivity index (χ0n) is 11.5. The van der Waals surface area contributed by atoms with Crippen LogP contribution in [0.2, 0.25) is 5.02 Å². The van der Waals surface area contributed by atoms with Gasteiger partial charge >= 0.3 is 0 Å². The van der Waals surface area contributed by atoms with E-state index in [-0.39, 0.29) is 5.92 Å². The Morgan fingerprint density at radius 1 is 1.37 bits per heavy atom. The maximum atomic E-state index is 12.5. The van der Waals surface area contributed by atoms with E-state index in [1.807, 2.05) is 36.2 Å². The monoisotopic (exact) mass is 277 g/mol. The van der Waals surface area contributed by atoms with Crippen LogP contribution in [-0.2, 0) is 4.79 Å². The molecular formula is C16H20ClNO. The summed E-state index contributed by atoms with van der Waals surface area (Å²) in [5.74, 6) is 1.50. The molecule has 0 heterocycles. The normalized spacial score (nSPS) is 26.9. The fourth-order valence-electron chi connectivity index (χ4n) is 2.94. The second kappa shape index (κ2) is 4.82. The van der Waals surface area contributed by atoms with E-state index in [4.69, 9.17) is 11.6 Å². The molecule has 1 amide bonds. The van der Waals surface area contributed by atoms with Crippen LogP contribution in [0.3, 0.4) is 0 Å². The highest BCUT2D eigenvalue weighted by atomic mass is 35.5. The number of nitrogens with zero attached hydrogens (tertiary/aromatic N) is 1. The van der Waals surface area contributed by atoms with Crippen LogP contribution in [0, 0.1) is 11.8 Å². The van der Waals surface area contributed by atoms with Gasteiger partial charge in [0, 0.05) is 24.0 Å². The summed E-state index contributed by atoms with van der Waals surface area (Å²) in [6, 6.07) is 8.28. The summed E-state index contributed by atoms with van der Waals surface area (Å²) in [4.78, 5) is 14.4. The molecule has 3 unspecified atom stereocenters. The Bertz CT molecular complexity index is 497. The van der Waals surface area contributed by atoms with Crippen molar-refractivity contribution < 1.29 is 4.79 Å². The van der Waals surface area contributed by atoms with Crippen molar-refractivity contribution in [2.45, 2.75) is 38.1 Å².